The average Bonchev–Trinajstić information content (AvgIpc) is 2.67. The molecule has 1 atom stereocenters. The lowest BCUT2D eigenvalue weighted by Gasteiger charge is -2.32. The van der Waals surface area contributed by atoms with Crippen molar-refractivity contribution in [2.75, 3.05) is 37.6 Å². The van der Waals surface area contributed by atoms with Crippen LogP contribution in [0.4, 0.5) is 5.82 Å². The van der Waals surface area contributed by atoms with Gasteiger partial charge in [0.25, 0.3) is 5.91 Å². The van der Waals surface area contributed by atoms with E-state index in [1.165, 1.54) is 0 Å². The Kier molecular flexibility index (Phi) is 6.08. The van der Waals surface area contributed by atoms with E-state index < -0.39 is 0 Å². The monoisotopic (exact) mass is 372 g/mol. The summed E-state index contributed by atoms with van der Waals surface area (Å²) in [6, 6.07) is 3.55. The fourth-order valence-electron chi connectivity index (χ4n) is 3.71. The highest BCUT2D eigenvalue weighted by atomic mass is 16.2. The van der Waals surface area contributed by atoms with Crippen molar-refractivity contribution >= 4 is 23.4 Å². The van der Waals surface area contributed by atoms with Crippen LogP contribution >= 0.6 is 0 Å². The molecule has 3 rings (SSSR count). The van der Waals surface area contributed by atoms with Crippen molar-refractivity contribution < 1.29 is 14.4 Å². The predicted octanol–water partition coefficient (Wildman–Crippen LogP) is 1.49. The largest absolute Gasteiger partial charge is 0.353 e. The first-order valence-electron chi connectivity index (χ1n) is 9.73. The molecular formula is C20H28N4O3. The van der Waals surface area contributed by atoms with Gasteiger partial charge in [0.1, 0.15) is 11.6 Å². The zero-order valence-electron chi connectivity index (χ0n) is 16.1. The third-order valence-electron chi connectivity index (χ3n) is 5.13. The zero-order valence-corrected chi connectivity index (χ0v) is 16.1. The molecule has 0 aromatic carbocycles. The second-order valence-electron chi connectivity index (χ2n) is 7.83. The summed E-state index contributed by atoms with van der Waals surface area (Å²) in [6.45, 7) is 6.85. The number of piperazine rings is 1. The smallest absolute Gasteiger partial charge is 0.255 e. The molecule has 1 aromatic heterocycles. The number of nitrogens with zero attached hydrogens (tertiary/aromatic N) is 3. The normalized spacial score (nSPS) is 20.6. The van der Waals surface area contributed by atoms with Crippen LogP contribution < -0.4 is 10.2 Å². The Labute approximate surface area is 160 Å². The standard InChI is InChI=1S/C20H28N4O3/c1-14(2)10-17(25)16-4-3-8-24(12-16)20(27)15-5-6-18(22-11-15)23-9-7-21-19(26)13-23/h5-6,11,14,16H,3-4,7-10,12-13H2,1-2H3,(H,21,26)/t16-/m1/s1. The fraction of sp³-hybridized carbons (Fsp3) is 0.600. The predicted molar refractivity (Wildman–Crippen MR) is 103 cm³/mol. The van der Waals surface area contributed by atoms with Gasteiger partial charge < -0.3 is 15.1 Å². The Morgan fingerprint density at radius 1 is 1.30 bits per heavy atom. The van der Waals surface area contributed by atoms with Gasteiger partial charge in [-0.15, -0.1) is 0 Å². The Morgan fingerprint density at radius 2 is 2.11 bits per heavy atom. The van der Waals surface area contributed by atoms with Crippen molar-refractivity contribution in [3.8, 4) is 0 Å². The number of amides is 2. The molecular weight excluding hydrogens is 344 g/mol. The molecule has 7 nitrogen and oxygen atoms in total. The number of hydrogen-bond donors (Lipinski definition) is 1. The highest BCUT2D eigenvalue weighted by molar-refractivity contribution is 5.94. The molecule has 0 unspecified atom stereocenters. The van der Waals surface area contributed by atoms with Crippen LogP contribution in [0.25, 0.3) is 0 Å². The zero-order chi connectivity index (χ0) is 19.4. The molecule has 7 heteroatoms. The van der Waals surface area contributed by atoms with Gasteiger partial charge in [-0.2, -0.15) is 0 Å². The van der Waals surface area contributed by atoms with Gasteiger partial charge in [-0.3, -0.25) is 14.4 Å². The Morgan fingerprint density at radius 3 is 2.78 bits per heavy atom. The van der Waals surface area contributed by atoms with E-state index >= 15 is 0 Å². The minimum atomic E-state index is -0.0764. The number of hydrogen-bond acceptors (Lipinski definition) is 5. The molecule has 2 aliphatic rings. The van der Waals surface area contributed by atoms with Crippen LogP contribution in [0.5, 0.6) is 0 Å². The Balaban J connectivity index is 1.63. The number of piperidine rings is 1. The van der Waals surface area contributed by atoms with E-state index in [-0.39, 0.29) is 30.1 Å². The van der Waals surface area contributed by atoms with Crippen LogP contribution in [-0.4, -0.2) is 60.2 Å². The first-order valence-corrected chi connectivity index (χ1v) is 9.73. The van der Waals surface area contributed by atoms with Gasteiger partial charge in [0, 0.05) is 44.7 Å². The number of rotatable bonds is 5. The van der Waals surface area contributed by atoms with Crippen molar-refractivity contribution in [2.45, 2.75) is 33.1 Å². The molecule has 27 heavy (non-hydrogen) atoms. The van der Waals surface area contributed by atoms with Gasteiger partial charge in [0.05, 0.1) is 12.1 Å². The van der Waals surface area contributed by atoms with Crippen LogP contribution in [0.15, 0.2) is 18.3 Å². The first kappa shape index (κ1) is 19.3. The van der Waals surface area contributed by atoms with Crippen LogP contribution in [-0.2, 0) is 9.59 Å². The van der Waals surface area contributed by atoms with E-state index in [2.05, 4.69) is 10.3 Å². The van der Waals surface area contributed by atoms with Gasteiger partial charge in [-0.25, -0.2) is 4.98 Å². The van der Waals surface area contributed by atoms with Crippen LogP contribution in [0.3, 0.4) is 0 Å². The molecule has 2 aliphatic heterocycles. The number of aromatic nitrogens is 1. The van der Waals surface area contributed by atoms with Crippen LogP contribution in [0.2, 0.25) is 0 Å². The second-order valence-corrected chi connectivity index (χ2v) is 7.83. The summed E-state index contributed by atoms with van der Waals surface area (Å²) in [6.07, 6.45) is 3.87. The van der Waals surface area contributed by atoms with Crippen LogP contribution in [0.1, 0.15) is 43.5 Å². The highest BCUT2D eigenvalue weighted by Crippen LogP contribution is 2.22. The minimum Gasteiger partial charge on any atom is -0.353 e. The van der Waals surface area contributed by atoms with Crippen molar-refractivity contribution in [1.29, 1.82) is 0 Å². The summed E-state index contributed by atoms with van der Waals surface area (Å²) in [7, 11) is 0. The summed E-state index contributed by atoms with van der Waals surface area (Å²) in [5, 5.41) is 2.78. The van der Waals surface area contributed by atoms with Crippen molar-refractivity contribution in [3.05, 3.63) is 23.9 Å². The van der Waals surface area contributed by atoms with Gasteiger partial charge in [-0.05, 0) is 30.9 Å². The van der Waals surface area contributed by atoms with Crippen molar-refractivity contribution in [3.63, 3.8) is 0 Å². The lowest BCUT2D eigenvalue weighted by Crippen LogP contribution is -2.48. The minimum absolute atomic E-state index is 0.0198. The summed E-state index contributed by atoms with van der Waals surface area (Å²) >= 11 is 0. The number of ketones is 1. The number of anilines is 1. The number of Topliss-reactive ketones (excluding diaryl/α,β-unsaturated/α-hetero) is 1. The number of likely N-dealkylation sites (tertiary alicyclic amines) is 1. The summed E-state index contributed by atoms with van der Waals surface area (Å²) in [5.74, 6) is 1.16. The van der Waals surface area contributed by atoms with E-state index in [4.69, 9.17) is 0 Å². The lowest BCUT2D eigenvalue weighted by atomic mass is 9.89. The molecule has 146 valence electrons. The molecule has 2 saturated heterocycles. The molecule has 0 spiro atoms. The van der Waals surface area contributed by atoms with Crippen molar-refractivity contribution in [2.24, 2.45) is 11.8 Å². The molecule has 2 amide bonds. The maximum atomic E-state index is 12.8. The fourth-order valence-corrected chi connectivity index (χ4v) is 3.71. The molecule has 0 radical (unpaired) electrons. The van der Waals surface area contributed by atoms with Crippen LogP contribution in [0, 0.1) is 11.8 Å². The van der Waals surface area contributed by atoms with Gasteiger partial charge >= 0.3 is 0 Å². The van der Waals surface area contributed by atoms with Gasteiger partial charge in [-0.1, -0.05) is 13.8 Å². The van der Waals surface area contributed by atoms with E-state index in [0.29, 0.717) is 49.9 Å². The van der Waals surface area contributed by atoms with E-state index in [9.17, 15) is 14.4 Å². The van der Waals surface area contributed by atoms with E-state index in [1.54, 1.807) is 23.2 Å². The number of pyridine rings is 1. The average molecular weight is 372 g/mol. The van der Waals surface area contributed by atoms with Gasteiger partial charge in [0.15, 0.2) is 0 Å². The Hall–Kier alpha value is -2.44. The highest BCUT2D eigenvalue weighted by Gasteiger charge is 2.29. The molecule has 3 heterocycles. The second kappa shape index (κ2) is 8.50. The van der Waals surface area contributed by atoms with E-state index in [1.807, 2.05) is 18.7 Å². The quantitative estimate of drug-likeness (QED) is 0.847. The van der Waals surface area contributed by atoms with E-state index in [0.717, 1.165) is 12.8 Å². The Bertz CT molecular complexity index is 702. The topological polar surface area (TPSA) is 82.6 Å². The number of carbonyl (C=O) groups excluding carboxylic acids is 3. The third-order valence-corrected chi connectivity index (χ3v) is 5.13. The molecule has 1 aromatic rings. The molecule has 0 saturated carbocycles. The third kappa shape index (κ3) is 4.84. The number of carbonyl (C=O) groups is 3. The van der Waals surface area contributed by atoms with Gasteiger partial charge in [0.2, 0.25) is 5.91 Å². The SMILES string of the molecule is CC(C)CC(=O)[C@@H]1CCCN(C(=O)c2ccc(N3CCNC(=O)C3)nc2)C1. The molecule has 1 N–H and O–H groups in total. The van der Waals surface area contributed by atoms with Crippen molar-refractivity contribution in [1.82, 2.24) is 15.2 Å². The summed E-state index contributed by atoms with van der Waals surface area (Å²) in [4.78, 5) is 44.8. The summed E-state index contributed by atoms with van der Waals surface area (Å²) in [5.41, 5.74) is 0.525. The lowest BCUT2D eigenvalue weighted by molar-refractivity contribution is -0.125. The molecule has 2 fully saturated rings. The summed E-state index contributed by atoms with van der Waals surface area (Å²) < 4.78 is 0. The maximum absolute atomic E-state index is 12.8. The number of nitrogens with one attached hydrogen (secondary N) is 1. The first-order chi connectivity index (χ1) is 12.9. The molecule has 0 bridgehead atoms. The molecule has 0 aliphatic carbocycles. The maximum Gasteiger partial charge on any atom is 0.255 e.